The molecule has 2 fully saturated rings. The zero-order valence-corrected chi connectivity index (χ0v) is 19.7. The van der Waals surface area contributed by atoms with Crippen LogP contribution in [-0.4, -0.2) is 35.8 Å². The molecule has 4 nitrogen and oxygen atoms in total. The molecule has 0 N–H and O–H groups in total. The fraction of sp³-hybridized carbons (Fsp3) is 0.391. The molecule has 0 aromatic heterocycles. The molecule has 0 radical (unpaired) electrons. The Labute approximate surface area is 207 Å². The van der Waals surface area contributed by atoms with Crippen LogP contribution in [0.4, 0.5) is 17.6 Å². The second-order valence-corrected chi connectivity index (χ2v) is 10.4. The van der Waals surface area contributed by atoms with Gasteiger partial charge in [-0.2, -0.15) is 13.2 Å². The van der Waals surface area contributed by atoms with E-state index in [0.29, 0.717) is 18.7 Å². The highest BCUT2D eigenvalue weighted by atomic mass is 35.5. The minimum Gasteiger partial charge on any atom is -0.374 e. The van der Waals surface area contributed by atoms with Crippen molar-refractivity contribution in [3.8, 4) is 0 Å². The summed E-state index contributed by atoms with van der Waals surface area (Å²) in [4.78, 5) is 18.1. The van der Waals surface area contributed by atoms with E-state index in [9.17, 15) is 22.4 Å². The van der Waals surface area contributed by atoms with E-state index in [1.165, 1.54) is 0 Å². The van der Waals surface area contributed by atoms with Gasteiger partial charge >= 0.3 is 6.18 Å². The van der Waals surface area contributed by atoms with Gasteiger partial charge in [0.2, 0.25) is 5.91 Å². The van der Waals surface area contributed by atoms with Crippen LogP contribution >= 0.6 is 34.8 Å². The number of oxime groups is 1. The lowest BCUT2D eigenvalue weighted by atomic mass is 9.85. The number of hydrogen-bond donors (Lipinski definition) is 0. The Balaban J connectivity index is 1.36. The summed E-state index contributed by atoms with van der Waals surface area (Å²) >= 11 is 18.2. The number of likely N-dealkylation sites (tertiary alicyclic amines) is 1. The number of halogens is 7. The predicted octanol–water partition coefficient (Wildman–Crippen LogP) is 6.40. The summed E-state index contributed by atoms with van der Waals surface area (Å²) in [7, 11) is 0. The minimum absolute atomic E-state index is 0.0585. The molecule has 34 heavy (non-hydrogen) atoms. The fourth-order valence-corrected chi connectivity index (χ4v) is 5.20. The summed E-state index contributed by atoms with van der Waals surface area (Å²) in [6, 6.07) is 8.35. The Bertz CT molecular complexity index is 1170. The van der Waals surface area contributed by atoms with E-state index in [1.54, 1.807) is 29.2 Å². The van der Waals surface area contributed by atoms with Gasteiger partial charge in [-0.05, 0) is 36.1 Å². The zero-order valence-electron chi connectivity index (χ0n) is 17.4. The van der Waals surface area contributed by atoms with E-state index in [4.69, 9.17) is 39.6 Å². The smallest absolute Gasteiger partial charge is 0.374 e. The molecule has 1 amide bonds. The van der Waals surface area contributed by atoms with Gasteiger partial charge in [0.15, 0.2) is 5.82 Å². The molecule has 11 heteroatoms. The van der Waals surface area contributed by atoms with Gasteiger partial charge in [-0.1, -0.05) is 52.6 Å². The lowest BCUT2D eigenvalue weighted by Gasteiger charge is -2.46. The van der Waals surface area contributed by atoms with Crippen LogP contribution in [0, 0.1) is 11.7 Å². The molecular formula is C23H17Cl3F4N2O2. The van der Waals surface area contributed by atoms with Gasteiger partial charge in [-0.3, -0.25) is 4.79 Å². The van der Waals surface area contributed by atoms with Gasteiger partial charge in [0.25, 0.3) is 5.60 Å². The summed E-state index contributed by atoms with van der Waals surface area (Å²) in [5, 5.41) is 2.61. The number of carbonyl (C=O) groups is 1. The Hall–Kier alpha value is -2.03. The van der Waals surface area contributed by atoms with Crippen molar-refractivity contribution < 1.29 is 27.2 Å². The molecule has 1 saturated carbocycles. The molecule has 5 rings (SSSR count). The number of nitrogens with zero attached hydrogens (tertiary/aromatic N) is 2. The third-order valence-electron chi connectivity index (χ3n) is 6.49. The van der Waals surface area contributed by atoms with Gasteiger partial charge in [-0.15, -0.1) is 11.6 Å². The average Bonchev–Trinajstić information content (AvgIpc) is 3.51. The lowest BCUT2D eigenvalue weighted by molar-refractivity contribution is -0.275. The summed E-state index contributed by atoms with van der Waals surface area (Å²) in [5.41, 5.74) is -2.06. The van der Waals surface area contributed by atoms with Crippen molar-refractivity contribution in [2.75, 3.05) is 13.1 Å². The van der Waals surface area contributed by atoms with Crippen molar-refractivity contribution in [2.45, 2.75) is 35.9 Å². The van der Waals surface area contributed by atoms with Crippen molar-refractivity contribution in [3.63, 3.8) is 0 Å². The van der Waals surface area contributed by atoms with Crippen LogP contribution in [0.5, 0.6) is 0 Å². The molecule has 2 aromatic rings. The van der Waals surface area contributed by atoms with E-state index in [2.05, 4.69) is 5.16 Å². The third kappa shape index (κ3) is 3.84. The second-order valence-electron chi connectivity index (χ2n) is 8.90. The molecule has 1 aliphatic carbocycles. The number of hydrogen-bond acceptors (Lipinski definition) is 3. The molecular weight excluding hydrogens is 519 g/mol. The summed E-state index contributed by atoms with van der Waals surface area (Å²) < 4.78 is 56.3. The van der Waals surface area contributed by atoms with Crippen molar-refractivity contribution >= 4 is 46.4 Å². The first-order chi connectivity index (χ1) is 15.9. The maximum absolute atomic E-state index is 14.2. The van der Waals surface area contributed by atoms with Gasteiger partial charge in [-0.25, -0.2) is 4.39 Å². The van der Waals surface area contributed by atoms with Crippen LogP contribution in [0.1, 0.15) is 36.0 Å². The molecule has 3 aliphatic rings. The SMILES string of the molecule is O=C(C1CC1)N1CC(Cl)(c2ccc(C3=NOC(c4cc(Cl)c(F)c(Cl)c4)(C(F)(F)F)C3)cc2)C1. The molecule has 180 valence electrons. The molecule has 1 atom stereocenters. The van der Waals surface area contributed by atoms with Crippen LogP contribution in [0.2, 0.25) is 10.0 Å². The highest BCUT2D eigenvalue weighted by Gasteiger charge is 2.62. The van der Waals surface area contributed by atoms with E-state index in [0.717, 1.165) is 30.5 Å². The minimum atomic E-state index is -4.88. The van der Waals surface area contributed by atoms with Crippen molar-refractivity contribution in [1.82, 2.24) is 4.90 Å². The number of rotatable bonds is 4. The summed E-state index contributed by atoms with van der Waals surface area (Å²) in [5.74, 6) is -0.777. The highest BCUT2D eigenvalue weighted by molar-refractivity contribution is 6.35. The van der Waals surface area contributed by atoms with E-state index >= 15 is 0 Å². The Morgan fingerprint density at radius 2 is 1.65 bits per heavy atom. The monoisotopic (exact) mass is 534 g/mol. The van der Waals surface area contributed by atoms with Gasteiger partial charge in [0, 0.05) is 31.0 Å². The Morgan fingerprint density at radius 3 is 2.18 bits per heavy atom. The van der Waals surface area contributed by atoms with E-state index in [-0.39, 0.29) is 17.5 Å². The van der Waals surface area contributed by atoms with Gasteiger partial charge in [0.05, 0.1) is 15.8 Å². The molecule has 2 aromatic carbocycles. The van der Waals surface area contributed by atoms with Gasteiger partial charge < -0.3 is 9.74 Å². The predicted molar refractivity (Wildman–Crippen MR) is 120 cm³/mol. The van der Waals surface area contributed by atoms with Crippen LogP contribution in [0.25, 0.3) is 0 Å². The summed E-state index contributed by atoms with van der Waals surface area (Å²) in [6.07, 6.45) is -3.70. The maximum Gasteiger partial charge on any atom is 0.435 e. The average molecular weight is 536 g/mol. The standard InChI is InChI=1S/C23H17Cl3F4N2O2/c24-16-7-15(8-17(25)19(16)27)22(23(28,29)30)9-18(31-34-22)12-3-5-14(6-4-12)21(26)10-32(11-21)20(33)13-1-2-13/h3-8,13H,1-2,9-11H2. The Kier molecular flexibility index (Phi) is 5.58. The molecule has 2 aliphatic heterocycles. The lowest BCUT2D eigenvalue weighted by Crippen LogP contribution is -2.58. The fourth-order valence-electron chi connectivity index (χ4n) is 4.29. The van der Waals surface area contributed by atoms with Crippen LogP contribution in [0.15, 0.2) is 41.6 Å². The zero-order chi connectivity index (χ0) is 24.5. The van der Waals surface area contributed by atoms with Crippen LogP contribution in [-0.2, 0) is 20.1 Å². The molecule has 0 spiro atoms. The highest BCUT2D eigenvalue weighted by Crippen LogP contribution is 2.50. The Morgan fingerprint density at radius 1 is 1.06 bits per heavy atom. The van der Waals surface area contributed by atoms with Gasteiger partial charge in [0.1, 0.15) is 4.87 Å². The normalized spacial score (nSPS) is 23.9. The summed E-state index contributed by atoms with van der Waals surface area (Å²) in [6.45, 7) is 0.771. The number of benzene rings is 2. The van der Waals surface area contributed by atoms with Crippen molar-refractivity contribution in [3.05, 3.63) is 69.0 Å². The number of carbonyl (C=O) groups excluding carboxylic acids is 1. The van der Waals surface area contributed by atoms with Crippen LogP contribution < -0.4 is 0 Å². The van der Waals surface area contributed by atoms with Crippen molar-refractivity contribution in [1.29, 1.82) is 0 Å². The first kappa shape index (κ1) is 23.7. The molecule has 1 unspecified atom stereocenters. The largest absolute Gasteiger partial charge is 0.435 e. The first-order valence-electron chi connectivity index (χ1n) is 10.5. The number of amides is 1. The molecule has 2 heterocycles. The topological polar surface area (TPSA) is 41.9 Å². The first-order valence-corrected chi connectivity index (χ1v) is 11.6. The maximum atomic E-state index is 14.2. The third-order valence-corrected chi connectivity index (χ3v) is 7.50. The van der Waals surface area contributed by atoms with E-state index < -0.39 is 44.5 Å². The van der Waals surface area contributed by atoms with Crippen molar-refractivity contribution in [2.24, 2.45) is 11.1 Å². The molecule has 1 saturated heterocycles. The second kappa shape index (κ2) is 8.00. The van der Waals surface area contributed by atoms with Crippen LogP contribution in [0.3, 0.4) is 0 Å². The molecule has 0 bridgehead atoms. The quantitative estimate of drug-likeness (QED) is 0.258. The van der Waals surface area contributed by atoms with E-state index in [1.807, 2.05) is 0 Å². The number of alkyl halides is 4.